The van der Waals surface area contributed by atoms with Crippen molar-refractivity contribution >= 4 is 17.2 Å². The number of rotatable bonds is 3. The Kier molecular flexibility index (Phi) is 4.04. The Hall–Kier alpha value is -3.15. The van der Waals surface area contributed by atoms with Gasteiger partial charge in [-0.3, -0.25) is 14.0 Å². The highest BCUT2D eigenvalue weighted by Gasteiger charge is 2.14. The maximum atomic E-state index is 12.6. The number of hydrogen-bond donors (Lipinski definition) is 1. The molecule has 0 unspecified atom stereocenters. The molecular formula is C18H17N3O3. The number of benzene rings is 1. The van der Waals surface area contributed by atoms with E-state index in [1.165, 1.54) is 11.5 Å². The van der Waals surface area contributed by atoms with Crippen LogP contribution in [0.15, 0.2) is 47.4 Å². The Morgan fingerprint density at radius 2 is 2.00 bits per heavy atom. The van der Waals surface area contributed by atoms with Crippen LogP contribution in [-0.4, -0.2) is 22.4 Å². The summed E-state index contributed by atoms with van der Waals surface area (Å²) in [6.45, 7) is 3.63. The van der Waals surface area contributed by atoms with Crippen molar-refractivity contribution in [1.82, 2.24) is 9.38 Å². The summed E-state index contributed by atoms with van der Waals surface area (Å²) in [5.74, 6) is 0.186. The van der Waals surface area contributed by atoms with Gasteiger partial charge in [-0.1, -0.05) is 6.07 Å². The van der Waals surface area contributed by atoms with E-state index in [-0.39, 0.29) is 17.2 Å². The van der Waals surface area contributed by atoms with Crippen LogP contribution in [0.3, 0.4) is 0 Å². The molecule has 0 aliphatic carbocycles. The molecule has 0 aliphatic rings. The number of anilines is 1. The molecule has 3 rings (SSSR count). The minimum absolute atomic E-state index is 0.171. The second kappa shape index (κ2) is 6.16. The van der Waals surface area contributed by atoms with E-state index in [1.807, 2.05) is 19.1 Å². The fourth-order valence-electron chi connectivity index (χ4n) is 2.44. The SMILES string of the molecule is COc1cccc(C(=O)Nc2c(C)nc3cc(C)ccn3c2=O)c1. The Balaban J connectivity index is 2.02. The Morgan fingerprint density at radius 3 is 2.75 bits per heavy atom. The highest BCUT2D eigenvalue weighted by Crippen LogP contribution is 2.15. The Labute approximate surface area is 138 Å². The molecule has 2 aromatic heterocycles. The summed E-state index contributed by atoms with van der Waals surface area (Å²) >= 11 is 0. The van der Waals surface area contributed by atoms with Crippen LogP contribution < -0.4 is 15.6 Å². The van der Waals surface area contributed by atoms with Crippen molar-refractivity contribution in [2.45, 2.75) is 13.8 Å². The van der Waals surface area contributed by atoms with E-state index >= 15 is 0 Å². The lowest BCUT2D eigenvalue weighted by atomic mass is 10.2. The zero-order valence-electron chi connectivity index (χ0n) is 13.7. The predicted molar refractivity (Wildman–Crippen MR) is 91.9 cm³/mol. The smallest absolute Gasteiger partial charge is 0.281 e. The minimum atomic E-state index is -0.386. The highest BCUT2D eigenvalue weighted by molar-refractivity contribution is 6.04. The lowest BCUT2D eigenvalue weighted by molar-refractivity contribution is 0.102. The molecule has 0 spiro atoms. The zero-order valence-corrected chi connectivity index (χ0v) is 13.7. The first kappa shape index (κ1) is 15.7. The first-order valence-electron chi connectivity index (χ1n) is 7.44. The fourth-order valence-corrected chi connectivity index (χ4v) is 2.44. The maximum absolute atomic E-state index is 12.6. The standard InChI is InChI=1S/C18H17N3O3/c1-11-7-8-21-15(9-11)19-12(2)16(18(21)23)20-17(22)13-5-4-6-14(10-13)24-3/h4-10H,1-3H3,(H,20,22). The average molecular weight is 323 g/mol. The van der Waals surface area contributed by atoms with E-state index in [9.17, 15) is 9.59 Å². The van der Waals surface area contributed by atoms with E-state index in [0.29, 0.717) is 22.7 Å². The van der Waals surface area contributed by atoms with E-state index in [4.69, 9.17) is 4.74 Å². The number of amides is 1. The molecule has 0 bridgehead atoms. The second-order valence-electron chi connectivity index (χ2n) is 5.50. The van der Waals surface area contributed by atoms with E-state index < -0.39 is 0 Å². The minimum Gasteiger partial charge on any atom is -0.497 e. The molecule has 24 heavy (non-hydrogen) atoms. The van der Waals surface area contributed by atoms with Crippen LogP contribution in [0.25, 0.3) is 5.65 Å². The van der Waals surface area contributed by atoms with Gasteiger partial charge in [-0.2, -0.15) is 0 Å². The number of aromatic nitrogens is 2. The van der Waals surface area contributed by atoms with Crippen molar-refractivity contribution in [2.24, 2.45) is 0 Å². The second-order valence-corrected chi connectivity index (χ2v) is 5.50. The summed E-state index contributed by atoms with van der Waals surface area (Å²) < 4.78 is 6.53. The largest absolute Gasteiger partial charge is 0.497 e. The van der Waals surface area contributed by atoms with Gasteiger partial charge in [-0.15, -0.1) is 0 Å². The quantitative estimate of drug-likeness (QED) is 0.804. The van der Waals surface area contributed by atoms with Crippen molar-refractivity contribution < 1.29 is 9.53 Å². The van der Waals surface area contributed by atoms with Crippen LogP contribution in [0.5, 0.6) is 5.75 Å². The number of nitrogens with zero attached hydrogens (tertiary/aromatic N) is 2. The molecule has 0 radical (unpaired) electrons. The number of fused-ring (bicyclic) bond motifs is 1. The monoisotopic (exact) mass is 323 g/mol. The summed E-state index contributed by atoms with van der Waals surface area (Å²) in [4.78, 5) is 29.5. The molecule has 6 nitrogen and oxygen atoms in total. The summed E-state index contributed by atoms with van der Waals surface area (Å²) in [5.41, 5.74) is 2.30. The fraction of sp³-hybridized carbons (Fsp3) is 0.167. The van der Waals surface area contributed by atoms with Crippen LogP contribution in [0, 0.1) is 13.8 Å². The zero-order chi connectivity index (χ0) is 17.3. The van der Waals surface area contributed by atoms with Crippen molar-refractivity contribution in [3.05, 3.63) is 69.8 Å². The normalized spacial score (nSPS) is 10.6. The van der Waals surface area contributed by atoms with Gasteiger partial charge in [0.05, 0.1) is 12.8 Å². The number of pyridine rings is 1. The van der Waals surface area contributed by atoms with Crippen LogP contribution >= 0.6 is 0 Å². The number of hydrogen-bond acceptors (Lipinski definition) is 4. The van der Waals surface area contributed by atoms with Gasteiger partial charge in [0.15, 0.2) is 0 Å². The van der Waals surface area contributed by atoms with Crippen molar-refractivity contribution in [2.75, 3.05) is 12.4 Å². The molecular weight excluding hydrogens is 306 g/mol. The van der Waals surface area contributed by atoms with Gasteiger partial charge in [0, 0.05) is 11.8 Å². The predicted octanol–water partition coefficient (Wildman–Crippen LogP) is 2.57. The van der Waals surface area contributed by atoms with Crippen LogP contribution in [0.2, 0.25) is 0 Å². The van der Waals surface area contributed by atoms with Gasteiger partial charge in [0.25, 0.3) is 11.5 Å². The van der Waals surface area contributed by atoms with Gasteiger partial charge in [0.1, 0.15) is 17.1 Å². The number of carbonyl (C=O) groups excluding carboxylic acids is 1. The maximum Gasteiger partial charge on any atom is 0.281 e. The molecule has 0 atom stereocenters. The first-order valence-corrected chi connectivity index (χ1v) is 7.44. The third kappa shape index (κ3) is 2.86. The molecule has 0 fully saturated rings. The van der Waals surface area contributed by atoms with Crippen molar-refractivity contribution in [1.29, 1.82) is 0 Å². The average Bonchev–Trinajstić information content (AvgIpc) is 2.58. The van der Waals surface area contributed by atoms with Gasteiger partial charge in [-0.25, -0.2) is 4.98 Å². The summed E-state index contributed by atoms with van der Waals surface area (Å²) in [7, 11) is 1.53. The highest BCUT2D eigenvalue weighted by atomic mass is 16.5. The summed E-state index contributed by atoms with van der Waals surface area (Å²) in [5, 5.41) is 2.66. The van der Waals surface area contributed by atoms with E-state index in [2.05, 4.69) is 10.3 Å². The number of methoxy groups -OCH3 is 1. The molecule has 0 saturated heterocycles. The van der Waals surface area contributed by atoms with E-state index in [1.54, 1.807) is 37.4 Å². The Morgan fingerprint density at radius 1 is 1.21 bits per heavy atom. The van der Waals surface area contributed by atoms with Gasteiger partial charge >= 0.3 is 0 Å². The molecule has 0 aliphatic heterocycles. The first-order chi connectivity index (χ1) is 11.5. The molecule has 6 heteroatoms. The molecule has 2 heterocycles. The molecule has 3 aromatic rings. The lowest BCUT2D eigenvalue weighted by Gasteiger charge is -2.10. The number of aryl methyl sites for hydroxylation is 2. The topological polar surface area (TPSA) is 72.7 Å². The van der Waals surface area contributed by atoms with E-state index in [0.717, 1.165) is 5.56 Å². The molecule has 0 saturated carbocycles. The Bertz CT molecular complexity index is 992. The lowest BCUT2D eigenvalue weighted by Crippen LogP contribution is -2.25. The van der Waals surface area contributed by atoms with Crippen LogP contribution in [-0.2, 0) is 0 Å². The van der Waals surface area contributed by atoms with Gasteiger partial charge < -0.3 is 10.1 Å². The van der Waals surface area contributed by atoms with Gasteiger partial charge in [0.2, 0.25) is 0 Å². The molecule has 1 amide bonds. The number of ether oxygens (including phenoxy) is 1. The number of nitrogens with one attached hydrogen (secondary N) is 1. The molecule has 1 aromatic carbocycles. The van der Waals surface area contributed by atoms with Crippen LogP contribution in [0.4, 0.5) is 5.69 Å². The van der Waals surface area contributed by atoms with Crippen molar-refractivity contribution in [3.63, 3.8) is 0 Å². The van der Waals surface area contributed by atoms with Crippen LogP contribution in [0.1, 0.15) is 21.6 Å². The molecule has 1 N–H and O–H groups in total. The van der Waals surface area contributed by atoms with Gasteiger partial charge in [-0.05, 0) is 49.7 Å². The summed E-state index contributed by atoms with van der Waals surface area (Å²) in [6, 6.07) is 10.4. The number of carbonyl (C=O) groups is 1. The third-order valence-corrected chi connectivity index (χ3v) is 3.74. The molecule has 122 valence electrons. The van der Waals surface area contributed by atoms with Crippen molar-refractivity contribution in [3.8, 4) is 5.75 Å². The third-order valence-electron chi connectivity index (χ3n) is 3.74. The summed E-state index contributed by atoms with van der Waals surface area (Å²) in [6.07, 6.45) is 1.65.